The minimum absolute atomic E-state index is 0.190. The van der Waals surface area contributed by atoms with E-state index in [2.05, 4.69) is 13.8 Å². The molecule has 0 spiro atoms. The molecular formula is C16H22O3. The van der Waals surface area contributed by atoms with Gasteiger partial charge in [-0.1, -0.05) is 32.8 Å². The van der Waals surface area contributed by atoms with Gasteiger partial charge < -0.3 is 9.84 Å². The minimum atomic E-state index is -0.607. The van der Waals surface area contributed by atoms with E-state index in [1.165, 1.54) is 0 Å². The van der Waals surface area contributed by atoms with Crippen LogP contribution in [0, 0.1) is 0 Å². The number of carbonyl (C=O) groups excluding carboxylic acids is 1. The zero-order valence-electron chi connectivity index (χ0n) is 11.7. The van der Waals surface area contributed by atoms with Crippen LogP contribution >= 0.6 is 0 Å². The Hall–Kier alpha value is -1.51. The van der Waals surface area contributed by atoms with Crippen LogP contribution in [0.4, 0.5) is 0 Å². The number of phenolic OH excluding ortho intramolecular Hbond substituents is 1. The van der Waals surface area contributed by atoms with Crippen molar-refractivity contribution < 1.29 is 14.6 Å². The van der Waals surface area contributed by atoms with Gasteiger partial charge in [-0.2, -0.15) is 0 Å². The maximum Gasteiger partial charge on any atom is 0.339 e. The summed E-state index contributed by atoms with van der Waals surface area (Å²) in [6.07, 6.45) is 5.66. The van der Waals surface area contributed by atoms with Gasteiger partial charge in [-0.3, -0.25) is 0 Å². The van der Waals surface area contributed by atoms with Crippen LogP contribution in [0.2, 0.25) is 0 Å². The summed E-state index contributed by atoms with van der Waals surface area (Å²) in [5.74, 6) is -0.103. The van der Waals surface area contributed by atoms with E-state index in [0.29, 0.717) is 11.1 Å². The number of rotatable bonds is 6. The normalized spacial score (nSPS) is 16.2. The summed E-state index contributed by atoms with van der Waals surface area (Å²) >= 11 is 0. The minimum Gasteiger partial charge on any atom is -0.507 e. The largest absolute Gasteiger partial charge is 0.507 e. The first-order chi connectivity index (χ1) is 9.14. The lowest BCUT2D eigenvalue weighted by Gasteiger charge is -2.29. The van der Waals surface area contributed by atoms with Gasteiger partial charge in [0.15, 0.2) is 0 Å². The van der Waals surface area contributed by atoms with Crippen LogP contribution in [0.3, 0.4) is 0 Å². The molecule has 0 saturated carbocycles. The first kappa shape index (κ1) is 13.9. The summed E-state index contributed by atoms with van der Waals surface area (Å²) in [6, 6.07) is 5.09. The van der Waals surface area contributed by atoms with Crippen molar-refractivity contribution in [2.75, 3.05) is 0 Å². The quantitative estimate of drug-likeness (QED) is 0.784. The summed E-state index contributed by atoms with van der Waals surface area (Å²) in [5, 5.41) is 10.2. The Morgan fingerprint density at radius 2 is 1.79 bits per heavy atom. The highest BCUT2D eigenvalue weighted by Crippen LogP contribution is 2.47. The lowest BCUT2D eigenvalue weighted by atomic mass is 9.83. The molecular weight excluding hydrogens is 240 g/mol. The summed E-state index contributed by atoms with van der Waals surface area (Å²) in [5.41, 5.74) is 0.637. The van der Waals surface area contributed by atoms with E-state index in [9.17, 15) is 9.90 Å². The van der Waals surface area contributed by atoms with Gasteiger partial charge in [-0.05, 0) is 37.8 Å². The molecule has 1 aliphatic rings. The summed E-state index contributed by atoms with van der Waals surface area (Å²) in [6.45, 7) is 4.24. The highest BCUT2D eigenvalue weighted by atomic mass is 16.6. The zero-order valence-corrected chi connectivity index (χ0v) is 11.7. The number of fused-ring (bicyclic) bond motifs is 1. The van der Waals surface area contributed by atoms with Crippen molar-refractivity contribution in [2.24, 2.45) is 0 Å². The zero-order chi connectivity index (χ0) is 13.9. The molecule has 0 aromatic heterocycles. The predicted molar refractivity (Wildman–Crippen MR) is 74.3 cm³/mol. The molecule has 0 aliphatic carbocycles. The molecule has 1 aromatic rings. The number of phenols is 1. The van der Waals surface area contributed by atoms with E-state index < -0.39 is 5.60 Å². The topological polar surface area (TPSA) is 46.5 Å². The van der Waals surface area contributed by atoms with E-state index >= 15 is 0 Å². The van der Waals surface area contributed by atoms with E-state index in [4.69, 9.17) is 4.74 Å². The number of ether oxygens (including phenoxy) is 1. The first-order valence-electron chi connectivity index (χ1n) is 7.20. The Morgan fingerprint density at radius 3 is 2.37 bits per heavy atom. The average molecular weight is 262 g/mol. The molecule has 0 amide bonds. The molecule has 0 atom stereocenters. The van der Waals surface area contributed by atoms with Gasteiger partial charge in [-0.25, -0.2) is 4.79 Å². The molecule has 3 heteroatoms. The van der Waals surface area contributed by atoms with Gasteiger partial charge in [0.1, 0.15) is 11.4 Å². The molecule has 1 aliphatic heterocycles. The van der Waals surface area contributed by atoms with Crippen LogP contribution in [-0.4, -0.2) is 11.1 Å². The molecule has 1 aromatic carbocycles. The van der Waals surface area contributed by atoms with Crippen LogP contribution < -0.4 is 0 Å². The number of esters is 1. The number of carbonyl (C=O) groups is 1. The van der Waals surface area contributed by atoms with Crippen LogP contribution in [0.1, 0.15) is 68.3 Å². The van der Waals surface area contributed by atoms with Crippen LogP contribution in [-0.2, 0) is 10.3 Å². The lowest BCUT2D eigenvalue weighted by molar-refractivity contribution is -0.0205. The Balaban J connectivity index is 2.42. The molecule has 0 unspecified atom stereocenters. The molecule has 0 fully saturated rings. The van der Waals surface area contributed by atoms with E-state index in [1.807, 2.05) is 0 Å². The number of hydrogen-bond acceptors (Lipinski definition) is 3. The molecule has 104 valence electrons. The van der Waals surface area contributed by atoms with Gasteiger partial charge in [0, 0.05) is 0 Å². The standard InChI is InChI=1S/C16H22O3/c1-3-5-10-16(11-6-4-2)14-12(15(18)19-16)8-7-9-13(14)17/h7-9,17H,3-6,10-11H2,1-2H3. The fourth-order valence-electron chi connectivity index (χ4n) is 2.87. The van der Waals surface area contributed by atoms with E-state index in [0.717, 1.165) is 38.5 Å². The molecule has 2 rings (SSSR count). The predicted octanol–water partition coefficient (Wildman–Crippen LogP) is 4.14. The number of benzene rings is 1. The molecule has 3 nitrogen and oxygen atoms in total. The van der Waals surface area contributed by atoms with Crippen molar-refractivity contribution in [3.8, 4) is 5.75 Å². The van der Waals surface area contributed by atoms with Crippen LogP contribution in [0.5, 0.6) is 5.75 Å². The molecule has 0 saturated heterocycles. The second-order valence-corrected chi connectivity index (χ2v) is 5.29. The Kier molecular flexibility index (Phi) is 4.13. The fraction of sp³-hybridized carbons (Fsp3) is 0.562. The monoisotopic (exact) mass is 262 g/mol. The van der Waals surface area contributed by atoms with Crippen molar-refractivity contribution in [1.29, 1.82) is 0 Å². The maximum atomic E-state index is 12.0. The average Bonchev–Trinajstić information content (AvgIpc) is 2.69. The second-order valence-electron chi connectivity index (χ2n) is 5.29. The smallest absolute Gasteiger partial charge is 0.339 e. The summed E-state index contributed by atoms with van der Waals surface area (Å²) in [4.78, 5) is 12.0. The summed E-state index contributed by atoms with van der Waals surface area (Å²) < 4.78 is 5.71. The number of hydrogen-bond donors (Lipinski definition) is 1. The van der Waals surface area contributed by atoms with E-state index in [-0.39, 0.29) is 11.7 Å². The van der Waals surface area contributed by atoms with Gasteiger partial charge in [0.2, 0.25) is 0 Å². The Labute approximate surface area is 114 Å². The van der Waals surface area contributed by atoms with Crippen molar-refractivity contribution in [2.45, 2.75) is 58.0 Å². The van der Waals surface area contributed by atoms with Crippen LogP contribution in [0.25, 0.3) is 0 Å². The van der Waals surface area contributed by atoms with Gasteiger partial charge in [0.05, 0.1) is 11.1 Å². The molecule has 1 N–H and O–H groups in total. The maximum absolute atomic E-state index is 12.0. The van der Waals surface area contributed by atoms with Gasteiger partial charge in [-0.15, -0.1) is 0 Å². The third-order valence-corrected chi connectivity index (χ3v) is 3.87. The van der Waals surface area contributed by atoms with Crippen LogP contribution in [0.15, 0.2) is 18.2 Å². The molecule has 1 heterocycles. The van der Waals surface area contributed by atoms with E-state index in [1.54, 1.807) is 18.2 Å². The van der Waals surface area contributed by atoms with Crippen molar-refractivity contribution in [3.05, 3.63) is 29.3 Å². The van der Waals surface area contributed by atoms with Gasteiger partial charge in [0.25, 0.3) is 0 Å². The lowest BCUT2D eigenvalue weighted by Crippen LogP contribution is -2.26. The molecule has 0 radical (unpaired) electrons. The summed E-state index contributed by atoms with van der Waals surface area (Å²) in [7, 11) is 0. The van der Waals surface area contributed by atoms with Crippen molar-refractivity contribution >= 4 is 5.97 Å². The van der Waals surface area contributed by atoms with Crippen molar-refractivity contribution in [1.82, 2.24) is 0 Å². The highest BCUT2D eigenvalue weighted by Gasteiger charge is 2.46. The third-order valence-electron chi connectivity index (χ3n) is 3.87. The van der Waals surface area contributed by atoms with Crippen molar-refractivity contribution in [3.63, 3.8) is 0 Å². The third kappa shape index (κ3) is 2.46. The molecule has 0 bridgehead atoms. The first-order valence-corrected chi connectivity index (χ1v) is 7.20. The second kappa shape index (κ2) is 5.64. The number of cyclic esters (lactones) is 1. The number of aromatic hydroxyl groups is 1. The highest BCUT2D eigenvalue weighted by molar-refractivity contribution is 5.95. The Morgan fingerprint density at radius 1 is 1.16 bits per heavy atom. The number of unbranched alkanes of at least 4 members (excludes halogenated alkanes) is 2. The molecule has 19 heavy (non-hydrogen) atoms. The Bertz CT molecular complexity index is 457. The van der Waals surface area contributed by atoms with Gasteiger partial charge >= 0.3 is 5.97 Å². The SMILES string of the molecule is CCCCC1(CCCC)OC(=O)c2cccc(O)c21. The fourth-order valence-corrected chi connectivity index (χ4v) is 2.87.